The molecule has 6 nitrogen and oxygen atoms in total. The van der Waals surface area contributed by atoms with E-state index in [2.05, 4.69) is 38.4 Å². The molecule has 4 N–H and O–H groups in total. The molecule has 0 aliphatic carbocycles. The number of alkyl carbamates (subject to hydrolysis) is 1. The van der Waals surface area contributed by atoms with Gasteiger partial charge in [-0.1, -0.05) is 6.07 Å². The second-order valence-electron chi connectivity index (χ2n) is 6.00. The van der Waals surface area contributed by atoms with Gasteiger partial charge in [-0.25, -0.2) is 4.79 Å². The van der Waals surface area contributed by atoms with E-state index in [-0.39, 0.29) is 6.54 Å². The number of carbonyl (C=O) groups is 1. The fourth-order valence-corrected chi connectivity index (χ4v) is 2.63. The molecule has 22 heavy (non-hydrogen) atoms. The molecule has 0 spiro atoms. The van der Waals surface area contributed by atoms with Crippen LogP contribution < -0.4 is 10.8 Å². The van der Waals surface area contributed by atoms with Gasteiger partial charge in [0.1, 0.15) is 5.60 Å². The molecule has 0 saturated carbocycles. The van der Waals surface area contributed by atoms with Crippen molar-refractivity contribution in [1.29, 1.82) is 0 Å². The van der Waals surface area contributed by atoms with Crippen LogP contribution in [0.5, 0.6) is 0 Å². The van der Waals surface area contributed by atoms with E-state index in [1.165, 1.54) is 0 Å². The molecule has 1 aromatic carbocycles. The second kappa shape index (κ2) is 6.84. The van der Waals surface area contributed by atoms with Crippen LogP contribution in [0.25, 0.3) is 10.9 Å². The normalized spacial score (nSPS) is 13.1. The number of hydrogen-bond donors (Lipinski definition) is 4. The molecular weight excluding hydrogens is 397 g/mol. The summed E-state index contributed by atoms with van der Waals surface area (Å²) in [6.45, 7) is 5.62. The van der Waals surface area contributed by atoms with Crippen molar-refractivity contribution >= 4 is 39.6 Å². The monoisotopic (exact) mass is 417 g/mol. The zero-order valence-electron chi connectivity index (χ0n) is 12.7. The van der Waals surface area contributed by atoms with Gasteiger partial charge in [0.2, 0.25) is 0 Å². The Kier molecular flexibility index (Phi) is 5.30. The quantitative estimate of drug-likeness (QED) is 0.454. The smallest absolute Gasteiger partial charge is 0.407 e. The summed E-state index contributed by atoms with van der Waals surface area (Å²) in [6.07, 6.45) is 1.31. The van der Waals surface area contributed by atoms with Crippen LogP contribution in [0.2, 0.25) is 0 Å². The summed E-state index contributed by atoms with van der Waals surface area (Å²) in [5, 5.41) is 13.1. The number of halogens is 1. The Balaban J connectivity index is 2.09. The second-order valence-corrected chi connectivity index (χ2v) is 7.24. The van der Waals surface area contributed by atoms with Crippen molar-refractivity contribution in [2.24, 2.45) is 0 Å². The minimum Gasteiger partial charge on any atom is -0.444 e. The van der Waals surface area contributed by atoms with Crippen molar-refractivity contribution in [3.05, 3.63) is 33.5 Å². The number of nitrogens with one attached hydrogen (secondary N) is 3. The van der Waals surface area contributed by atoms with Crippen LogP contribution in [0.1, 0.15) is 32.4 Å². The van der Waals surface area contributed by atoms with E-state index in [9.17, 15) is 10.0 Å². The summed E-state index contributed by atoms with van der Waals surface area (Å²) < 4.78 is 6.31. The lowest BCUT2D eigenvalue weighted by molar-refractivity contribution is 0.0503. The van der Waals surface area contributed by atoms with Crippen LogP contribution in [-0.2, 0) is 4.74 Å². The van der Waals surface area contributed by atoms with Crippen LogP contribution >= 0.6 is 22.6 Å². The lowest BCUT2D eigenvalue weighted by Crippen LogP contribution is -2.37. The van der Waals surface area contributed by atoms with E-state index >= 15 is 0 Å². The van der Waals surface area contributed by atoms with E-state index in [1.807, 2.05) is 24.4 Å². The Morgan fingerprint density at radius 1 is 1.45 bits per heavy atom. The van der Waals surface area contributed by atoms with Gasteiger partial charge in [-0.2, -0.15) is 5.48 Å². The van der Waals surface area contributed by atoms with Gasteiger partial charge in [-0.15, -0.1) is 0 Å². The van der Waals surface area contributed by atoms with Gasteiger partial charge < -0.3 is 20.2 Å². The number of fused-ring (bicyclic) bond motifs is 1. The van der Waals surface area contributed by atoms with E-state index in [4.69, 9.17) is 4.74 Å². The van der Waals surface area contributed by atoms with Crippen LogP contribution in [0.3, 0.4) is 0 Å². The van der Waals surface area contributed by atoms with Gasteiger partial charge in [0.05, 0.1) is 6.04 Å². The highest BCUT2D eigenvalue weighted by Gasteiger charge is 2.19. The molecule has 0 saturated heterocycles. The van der Waals surface area contributed by atoms with Crippen LogP contribution in [0, 0.1) is 3.57 Å². The number of H-pyrrole nitrogens is 1. The van der Waals surface area contributed by atoms with Crippen LogP contribution in [0.4, 0.5) is 4.79 Å². The molecule has 1 aromatic heterocycles. The number of ether oxygens (including phenoxy) is 1. The van der Waals surface area contributed by atoms with Gasteiger partial charge in [0.15, 0.2) is 0 Å². The summed E-state index contributed by atoms with van der Waals surface area (Å²) in [4.78, 5) is 14.9. The summed E-state index contributed by atoms with van der Waals surface area (Å²) in [5.41, 5.74) is 3.55. The van der Waals surface area contributed by atoms with Crippen LogP contribution in [-0.4, -0.2) is 28.4 Å². The van der Waals surface area contributed by atoms with Gasteiger partial charge >= 0.3 is 6.09 Å². The molecule has 0 aliphatic rings. The first kappa shape index (κ1) is 17.0. The number of rotatable bonds is 4. The number of hydrogen-bond acceptors (Lipinski definition) is 4. The van der Waals surface area contributed by atoms with Gasteiger partial charge in [0.25, 0.3) is 0 Å². The van der Waals surface area contributed by atoms with Crippen molar-refractivity contribution in [3.8, 4) is 0 Å². The lowest BCUT2D eigenvalue weighted by Gasteiger charge is -2.21. The summed E-state index contributed by atoms with van der Waals surface area (Å²) in [6, 6.07) is 5.58. The lowest BCUT2D eigenvalue weighted by atomic mass is 10.1. The number of aromatic amines is 1. The minimum atomic E-state index is -0.552. The van der Waals surface area contributed by atoms with Gasteiger partial charge in [-0.3, -0.25) is 0 Å². The van der Waals surface area contributed by atoms with Crippen molar-refractivity contribution < 1.29 is 14.7 Å². The predicted molar refractivity (Wildman–Crippen MR) is 92.9 cm³/mol. The average molecular weight is 417 g/mol. The van der Waals surface area contributed by atoms with Crippen molar-refractivity contribution in [1.82, 2.24) is 15.8 Å². The number of benzene rings is 1. The number of amides is 1. The minimum absolute atomic E-state index is 0.213. The molecule has 0 fully saturated rings. The zero-order chi connectivity index (χ0) is 16.3. The zero-order valence-corrected chi connectivity index (χ0v) is 14.9. The highest BCUT2D eigenvalue weighted by molar-refractivity contribution is 14.1. The van der Waals surface area contributed by atoms with Gasteiger partial charge in [0, 0.05) is 27.2 Å². The van der Waals surface area contributed by atoms with E-state index in [0.29, 0.717) is 0 Å². The highest BCUT2D eigenvalue weighted by atomic mass is 127. The van der Waals surface area contributed by atoms with E-state index in [0.717, 1.165) is 20.0 Å². The molecule has 1 amide bonds. The maximum Gasteiger partial charge on any atom is 0.407 e. The third kappa shape index (κ3) is 4.34. The third-order valence-electron chi connectivity index (χ3n) is 3.06. The topological polar surface area (TPSA) is 86.4 Å². The maximum absolute atomic E-state index is 11.7. The fraction of sp³-hybridized carbons (Fsp3) is 0.400. The first-order chi connectivity index (χ1) is 10.3. The predicted octanol–water partition coefficient (Wildman–Crippen LogP) is 3.32. The molecule has 1 heterocycles. The van der Waals surface area contributed by atoms with E-state index < -0.39 is 17.7 Å². The molecule has 120 valence electrons. The standard InChI is InChI=1S/C15H20IN3O3/c1-15(2,3)22-14(20)18-8-13(19-21)11-7-17-12-6-9(16)4-5-10(11)12/h4-7,13,17,19,21H,8H2,1-3H3,(H,18,20). The average Bonchev–Trinajstić information content (AvgIpc) is 2.80. The molecule has 2 rings (SSSR count). The molecule has 1 atom stereocenters. The maximum atomic E-state index is 11.7. The summed E-state index contributed by atoms with van der Waals surface area (Å²) >= 11 is 2.24. The molecule has 0 bridgehead atoms. The Morgan fingerprint density at radius 2 is 2.18 bits per heavy atom. The fourth-order valence-electron chi connectivity index (χ4n) is 2.13. The molecule has 0 radical (unpaired) electrons. The van der Waals surface area contributed by atoms with Crippen LogP contribution in [0.15, 0.2) is 24.4 Å². The van der Waals surface area contributed by atoms with Crippen molar-refractivity contribution in [3.63, 3.8) is 0 Å². The molecule has 1 unspecified atom stereocenters. The Labute approximate surface area is 142 Å². The molecule has 7 heteroatoms. The Morgan fingerprint density at radius 3 is 2.82 bits per heavy atom. The first-order valence-electron chi connectivity index (χ1n) is 6.93. The molecule has 0 aliphatic heterocycles. The van der Waals surface area contributed by atoms with Crippen molar-refractivity contribution in [2.75, 3.05) is 6.54 Å². The SMILES string of the molecule is CC(C)(C)OC(=O)NCC(NO)c1c[nH]c2cc(I)ccc12. The molecule has 2 aromatic rings. The largest absolute Gasteiger partial charge is 0.444 e. The summed E-state index contributed by atoms with van der Waals surface area (Å²) in [7, 11) is 0. The number of carbonyl (C=O) groups excluding carboxylic acids is 1. The van der Waals surface area contributed by atoms with E-state index in [1.54, 1.807) is 20.8 Å². The Hall–Kier alpha value is -1.32. The van der Waals surface area contributed by atoms with Gasteiger partial charge in [-0.05, 0) is 61.1 Å². The first-order valence-corrected chi connectivity index (χ1v) is 8.01. The highest BCUT2D eigenvalue weighted by Crippen LogP contribution is 2.25. The third-order valence-corrected chi connectivity index (χ3v) is 3.73. The number of aromatic nitrogens is 1. The van der Waals surface area contributed by atoms with Crippen molar-refractivity contribution in [2.45, 2.75) is 32.4 Å². The summed E-state index contributed by atoms with van der Waals surface area (Å²) in [5.74, 6) is 0. The Bertz CT molecular complexity index is 664. The number of hydroxylamine groups is 1. The molecular formula is C15H20IN3O3.